The van der Waals surface area contributed by atoms with Crippen molar-refractivity contribution in [3.05, 3.63) is 81.8 Å². The summed E-state index contributed by atoms with van der Waals surface area (Å²) < 4.78 is 34.7. The maximum Gasteiger partial charge on any atom is 0.321 e. The van der Waals surface area contributed by atoms with Crippen molar-refractivity contribution >= 4 is 43.5 Å². The lowest BCUT2D eigenvalue weighted by molar-refractivity contribution is -0.139. The third kappa shape index (κ3) is 10.2. The van der Waals surface area contributed by atoms with E-state index in [1.807, 2.05) is 49.4 Å². The van der Waals surface area contributed by atoms with Crippen LogP contribution in [0.15, 0.2) is 76.1 Å². The summed E-state index contributed by atoms with van der Waals surface area (Å²) in [6.07, 6.45) is 3.38. The summed E-state index contributed by atoms with van der Waals surface area (Å²) in [5.74, 6) is -0.375. The number of carbonyl (C=O) groups is 1. The zero-order valence-electron chi connectivity index (χ0n) is 21.8. The zero-order chi connectivity index (χ0) is 28.3. The minimum atomic E-state index is -3.97. The van der Waals surface area contributed by atoms with Crippen LogP contribution in [0.3, 0.4) is 0 Å². The third-order valence-corrected chi connectivity index (χ3v) is 8.62. The third-order valence-electron chi connectivity index (χ3n) is 6.18. The second-order valence-corrected chi connectivity index (χ2v) is 12.3. The Balaban J connectivity index is 1.34. The van der Waals surface area contributed by atoms with E-state index >= 15 is 0 Å². The molecule has 0 aromatic heterocycles. The fourth-order valence-corrected chi connectivity index (χ4v) is 5.54. The highest BCUT2D eigenvalue weighted by Gasteiger charge is 2.25. The number of aliphatic carboxylic acids is 1. The first-order chi connectivity index (χ1) is 18.7. The number of carboxylic acid groups (broad SMARTS) is 1. The van der Waals surface area contributed by atoms with Crippen molar-refractivity contribution in [2.75, 3.05) is 19.7 Å². The van der Waals surface area contributed by atoms with Gasteiger partial charge < -0.3 is 15.2 Å². The molecule has 39 heavy (non-hydrogen) atoms. The maximum absolute atomic E-state index is 12.8. The Morgan fingerprint density at radius 1 is 0.949 bits per heavy atom. The van der Waals surface area contributed by atoms with E-state index in [2.05, 4.69) is 26.0 Å². The highest BCUT2D eigenvalue weighted by molar-refractivity contribution is 9.10. The van der Waals surface area contributed by atoms with Crippen LogP contribution < -0.4 is 14.8 Å². The number of nitrogens with one attached hydrogen (secondary N) is 2. The number of unbranched alkanes of at least 4 members (excludes halogenated alkanes) is 2. The van der Waals surface area contributed by atoms with Gasteiger partial charge >= 0.3 is 5.97 Å². The normalized spacial score (nSPS) is 12.3. The first kappa shape index (κ1) is 31.1. The van der Waals surface area contributed by atoms with Crippen molar-refractivity contribution in [3.8, 4) is 16.9 Å². The Labute approximate surface area is 244 Å². The van der Waals surface area contributed by atoms with Crippen LogP contribution in [0.1, 0.15) is 37.7 Å². The molecule has 0 fully saturated rings. The van der Waals surface area contributed by atoms with Crippen LogP contribution >= 0.6 is 27.5 Å². The van der Waals surface area contributed by atoms with E-state index in [1.165, 1.54) is 12.1 Å². The van der Waals surface area contributed by atoms with Crippen molar-refractivity contribution < 1.29 is 23.1 Å². The van der Waals surface area contributed by atoms with Gasteiger partial charge in [0.1, 0.15) is 11.8 Å². The van der Waals surface area contributed by atoms with Gasteiger partial charge in [0.25, 0.3) is 0 Å². The van der Waals surface area contributed by atoms with Crippen LogP contribution in [0.4, 0.5) is 0 Å². The number of aryl methyl sites for hydroxylation is 1. The van der Waals surface area contributed by atoms with Gasteiger partial charge in [0.05, 0.1) is 11.5 Å². The molecule has 1 atom stereocenters. The standard InChI is InChI=1S/C29H34BrClN2O5S/c1-21-20-25(13-16-27(21)31)38-19-5-4-18-32-17-3-2-6-28(29(34)35)33-39(36,37)26-14-9-23(10-15-26)22-7-11-24(30)12-8-22/h7-16,20,28,32-33H,2-6,17-19H2,1H3,(H,34,35). The summed E-state index contributed by atoms with van der Waals surface area (Å²) in [4.78, 5) is 11.7. The predicted molar refractivity (Wildman–Crippen MR) is 159 cm³/mol. The van der Waals surface area contributed by atoms with E-state index in [4.69, 9.17) is 16.3 Å². The van der Waals surface area contributed by atoms with E-state index in [0.717, 1.165) is 64.3 Å². The van der Waals surface area contributed by atoms with Gasteiger partial charge in [-0.3, -0.25) is 4.79 Å². The molecule has 7 nitrogen and oxygen atoms in total. The van der Waals surface area contributed by atoms with Crippen molar-refractivity contribution in [3.63, 3.8) is 0 Å². The van der Waals surface area contributed by atoms with Gasteiger partial charge in [-0.05, 0) is 105 Å². The monoisotopic (exact) mass is 636 g/mol. The van der Waals surface area contributed by atoms with Crippen LogP contribution in [0, 0.1) is 6.92 Å². The SMILES string of the molecule is Cc1cc(OCCCCNCCCCC(NS(=O)(=O)c2ccc(-c3ccc(Br)cc3)cc2)C(=O)O)ccc1Cl. The van der Waals surface area contributed by atoms with Crippen molar-refractivity contribution in [1.82, 2.24) is 10.0 Å². The minimum absolute atomic E-state index is 0.0338. The molecular weight excluding hydrogens is 604 g/mol. The van der Waals surface area contributed by atoms with E-state index in [1.54, 1.807) is 12.1 Å². The average Bonchev–Trinajstić information content (AvgIpc) is 2.91. The number of halogens is 2. The number of hydrogen-bond donors (Lipinski definition) is 3. The molecule has 10 heteroatoms. The second kappa shape index (κ2) is 15.4. The first-order valence-electron chi connectivity index (χ1n) is 12.9. The Hall–Kier alpha value is -2.43. The van der Waals surface area contributed by atoms with Gasteiger partial charge in [-0.1, -0.05) is 58.2 Å². The van der Waals surface area contributed by atoms with Crippen LogP contribution in [-0.2, 0) is 14.8 Å². The van der Waals surface area contributed by atoms with Crippen molar-refractivity contribution in [1.29, 1.82) is 0 Å². The largest absolute Gasteiger partial charge is 0.494 e. The van der Waals surface area contributed by atoms with Gasteiger partial charge in [0.2, 0.25) is 10.0 Å². The predicted octanol–water partition coefficient (Wildman–Crippen LogP) is 6.43. The molecule has 3 aromatic carbocycles. The lowest BCUT2D eigenvalue weighted by Gasteiger charge is -2.15. The molecule has 0 saturated heterocycles. The summed E-state index contributed by atoms with van der Waals surface area (Å²) in [7, 11) is -3.97. The molecule has 0 bridgehead atoms. The molecule has 210 valence electrons. The fraction of sp³-hybridized carbons (Fsp3) is 0.345. The number of hydrogen-bond acceptors (Lipinski definition) is 5. The molecule has 0 spiro atoms. The van der Waals surface area contributed by atoms with E-state index < -0.39 is 22.0 Å². The van der Waals surface area contributed by atoms with Crippen molar-refractivity contribution in [2.45, 2.75) is 50.0 Å². The molecule has 0 radical (unpaired) electrons. The molecule has 0 aliphatic carbocycles. The van der Waals surface area contributed by atoms with Gasteiger partial charge in [-0.15, -0.1) is 0 Å². The van der Waals surface area contributed by atoms with Crippen LogP contribution in [0.5, 0.6) is 5.75 Å². The first-order valence-corrected chi connectivity index (χ1v) is 15.5. The molecule has 0 heterocycles. The Morgan fingerprint density at radius 3 is 2.18 bits per heavy atom. The number of rotatable bonds is 16. The quantitative estimate of drug-likeness (QED) is 0.156. The molecular formula is C29H34BrClN2O5S. The van der Waals surface area contributed by atoms with Gasteiger partial charge in [-0.25, -0.2) is 8.42 Å². The van der Waals surface area contributed by atoms with E-state index in [9.17, 15) is 18.3 Å². The molecule has 3 N–H and O–H groups in total. The van der Waals surface area contributed by atoms with Gasteiger partial charge in [0, 0.05) is 9.50 Å². The molecule has 0 saturated carbocycles. The average molecular weight is 638 g/mol. The van der Waals surface area contributed by atoms with Crippen LogP contribution in [0.2, 0.25) is 5.02 Å². The molecule has 3 rings (SSSR count). The maximum atomic E-state index is 12.8. The Morgan fingerprint density at radius 2 is 1.56 bits per heavy atom. The summed E-state index contributed by atoms with van der Waals surface area (Å²) in [6.45, 7) is 4.12. The smallest absolute Gasteiger partial charge is 0.321 e. The molecule has 1 unspecified atom stereocenters. The summed E-state index contributed by atoms with van der Waals surface area (Å²) in [6, 6.07) is 18.5. The molecule has 3 aromatic rings. The lowest BCUT2D eigenvalue weighted by Crippen LogP contribution is -2.40. The number of benzene rings is 3. The molecule has 0 aliphatic rings. The van der Waals surface area contributed by atoms with Crippen molar-refractivity contribution in [2.24, 2.45) is 0 Å². The van der Waals surface area contributed by atoms with E-state index in [-0.39, 0.29) is 11.3 Å². The summed E-state index contributed by atoms with van der Waals surface area (Å²) >= 11 is 9.42. The summed E-state index contributed by atoms with van der Waals surface area (Å²) in [5, 5.41) is 13.6. The lowest BCUT2D eigenvalue weighted by atomic mass is 10.1. The highest BCUT2D eigenvalue weighted by Crippen LogP contribution is 2.24. The topological polar surface area (TPSA) is 105 Å². The zero-order valence-corrected chi connectivity index (χ0v) is 25.0. The number of carboxylic acids is 1. The van der Waals surface area contributed by atoms with Crippen LogP contribution in [0.25, 0.3) is 11.1 Å². The number of sulfonamides is 1. The highest BCUT2D eigenvalue weighted by atomic mass is 79.9. The fourth-order valence-electron chi connectivity index (χ4n) is 3.93. The summed E-state index contributed by atoms with van der Waals surface area (Å²) in [5.41, 5.74) is 2.81. The second-order valence-electron chi connectivity index (χ2n) is 9.26. The number of ether oxygens (including phenoxy) is 1. The Kier molecular flexibility index (Phi) is 12.3. The van der Waals surface area contributed by atoms with Gasteiger partial charge in [0.15, 0.2) is 0 Å². The van der Waals surface area contributed by atoms with Gasteiger partial charge in [-0.2, -0.15) is 4.72 Å². The minimum Gasteiger partial charge on any atom is -0.494 e. The molecule has 0 amide bonds. The molecule has 0 aliphatic heterocycles. The van der Waals surface area contributed by atoms with E-state index in [0.29, 0.717) is 13.0 Å². The van der Waals surface area contributed by atoms with Crippen LogP contribution in [-0.4, -0.2) is 45.2 Å². The Bertz CT molecular complexity index is 1320.